The zero-order valence-electron chi connectivity index (χ0n) is 14.7. The molecule has 0 spiro atoms. The first kappa shape index (κ1) is 17.2. The molecular formula is C19H24N4O2. The van der Waals surface area contributed by atoms with E-state index in [1.807, 2.05) is 54.3 Å². The average molecular weight is 340 g/mol. The second-order valence-electron chi connectivity index (χ2n) is 6.53. The van der Waals surface area contributed by atoms with Crippen LogP contribution in [0.5, 0.6) is 0 Å². The van der Waals surface area contributed by atoms with E-state index in [0.717, 1.165) is 5.56 Å². The fourth-order valence-corrected chi connectivity index (χ4v) is 3.48. The molecule has 2 heterocycles. The van der Waals surface area contributed by atoms with E-state index in [0.29, 0.717) is 25.9 Å². The first-order valence-corrected chi connectivity index (χ1v) is 8.61. The first-order valence-electron chi connectivity index (χ1n) is 8.61. The monoisotopic (exact) mass is 340 g/mol. The Morgan fingerprint density at radius 3 is 2.72 bits per heavy atom. The summed E-state index contributed by atoms with van der Waals surface area (Å²) in [5.74, 6) is -0.0369. The van der Waals surface area contributed by atoms with Crippen molar-refractivity contribution in [3.63, 3.8) is 0 Å². The van der Waals surface area contributed by atoms with Crippen LogP contribution in [0.15, 0.2) is 48.8 Å². The third-order valence-electron chi connectivity index (χ3n) is 4.92. The average Bonchev–Trinajstić information content (AvgIpc) is 3.15. The molecule has 0 N–H and O–H groups in total. The highest BCUT2D eigenvalue weighted by molar-refractivity contribution is 5.84. The maximum absolute atomic E-state index is 13.1. The minimum absolute atomic E-state index is 0.0837. The van der Waals surface area contributed by atoms with Gasteiger partial charge in [0.2, 0.25) is 11.8 Å². The summed E-state index contributed by atoms with van der Waals surface area (Å²) in [6.45, 7) is 1.25. The van der Waals surface area contributed by atoms with E-state index in [2.05, 4.69) is 5.10 Å². The van der Waals surface area contributed by atoms with Crippen LogP contribution in [0.4, 0.5) is 0 Å². The third-order valence-corrected chi connectivity index (χ3v) is 4.92. The molecule has 0 bridgehead atoms. The first-order chi connectivity index (χ1) is 12.1. The maximum atomic E-state index is 13.1. The van der Waals surface area contributed by atoms with Crippen molar-refractivity contribution in [3.05, 3.63) is 54.4 Å². The molecule has 1 aliphatic heterocycles. The molecule has 1 aromatic carbocycles. The van der Waals surface area contributed by atoms with E-state index >= 15 is 0 Å². The van der Waals surface area contributed by atoms with E-state index in [1.54, 1.807) is 23.0 Å². The number of benzene rings is 1. The van der Waals surface area contributed by atoms with Crippen molar-refractivity contribution in [2.24, 2.45) is 5.92 Å². The number of carbonyl (C=O) groups excluding carboxylic acids is 2. The molecule has 1 aliphatic rings. The molecule has 2 amide bonds. The lowest BCUT2D eigenvalue weighted by atomic mass is 9.83. The summed E-state index contributed by atoms with van der Waals surface area (Å²) in [4.78, 5) is 28.7. The van der Waals surface area contributed by atoms with Gasteiger partial charge >= 0.3 is 0 Å². The van der Waals surface area contributed by atoms with Gasteiger partial charge in [0.05, 0.1) is 18.5 Å². The topological polar surface area (TPSA) is 58.4 Å². The van der Waals surface area contributed by atoms with E-state index < -0.39 is 0 Å². The van der Waals surface area contributed by atoms with Crippen LogP contribution in [0, 0.1) is 5.92 Å². The summed E-state index contributed by atoms with van der Waals surface area (Å²) in [6, 6.07) is 11.5. The fraction of sp³-hybridized carbons (Fsp3) is 0.421. The van der Waals surface area contributed by atoms with Crippen LogP contribution in [0.3, 0.4) is 0 Å². The van der Waals surface area contributed by atoms with Gasteiger partial charge in [0.25, 0.3) is 0 Å². The number of piperidine rings is 1. The molecule has 6 heteroatoms. The lowest BCUT2D eigenvalue weighted by Crippen LogP contribution is -2.47. The summed E-state index contributed by atoms with van der Waals surface area (Å²) in [5, 5.41) is 4.17. The Balaban J connectivity index is 1.75. The molecule has 0 unspecified atom stereocenters. The standard InChI is InChI=1S/C19H24N4O2/c1-21(13-14-23-12-6-11-20-23)19(25)16-9-10-17(24)22(2)18(16)15-7-4-3-5-8-15/h3-8,11-12,16,18H,9-10,13-14H2,1-2H3/t16-,18+/m0/s1. The lowest BCUT2D eigenvalue weighted by Gasteiger charge is -2.40. The van der Waals surface area contributed by atoms with Gasteiger partial charge in [0.1, 0.15) is 0 Å². The predicted molar refractivity (Wildman–Crippen MR) is 94.5 cm³/mol. The van der Waals surface area contributed by atoms with Crippen molar-refractivity contribution in [3.8, 4) is 0 Å². The molecule has 1 saturated heterocycles. The fourth-order valence-electron chi connectivity index (χ4n) is 3.48. The summed E-state index contributed by atoms with van der Waals surface area (Å²) in [6.07, 6.45) is 4.63. The molecule has 0 aliphatic carbocycles. The molecule has 132 valence electrons. The molecule has 25 heavy (non-hydrogen) atoms. The van der Waals surface area contributed by atoms with Gasteiger partial charge in [0.15, 0.2) is 0 Å². The molecule has 2 aromatic rings. The van der Waals surface area contributed by atoms with Crippen molar-refractivity contribution < 1.29 is 9.59 Å². The number of hydrogen-bond donors (Lipinski definition) is 0. The number of likely N-dealkylation sites (N-methyl/N-ethyl adjacent to an activating group) is 1. The zero-order valence-corrected chi connectivity index (χ0v) is 14.7. The number of nitrogens with zero attached hydrogens (tertiary/aromatic N) is 4. The largest absolute Gasteiger partial charge is 0.344 e. The summed E-state index contributed by atoms with van der Waals surface area (Å²) in [7, 11) is 3.62. The lowest BCUT2D eigenvalue weighted by molar-refractivity contribution is -0.146. The second-order valence-corrected chi connectivity index (χ2v) is 6.53. The SMILES string of the molecule is CN(CCn1cccn1)C(=O)[C@H]1CCC(=O)N(C)[C@@H]1c1ccccc1. The number of aromatic nitrogens is 2. The summed E-state index contributed by atoms with van der Waals surface area (Å²) >= 11 is 0. The molecule has 0 radical (unpaired) electrons. The highest BCUT2D eigenvalue weighted by Crippen LogP contribution is 2.36. The van der Waals surface area contributed by atoms with Gasteiger partial charge in [-0.1, -0.05) is 30.3 Å². The Morgan fingerprint density at radius 2 is 2.04 bits per heavy atom. The van der Waals surface area contributed by atoms with Crippen LogP contribution in [0.1, 0.15) is 24.4 Å². The summed E-state index contributed by atoms with van der Waals surface area (Å²) in [5.41, 5.74) is 1.01. The van der Waals surface area contributed by atoms with Crippen molar-refractivity contribution >= 4 is 11.8 Å². The zero-order chi connectivity index (χ0) is 17.8. The Morgan fingerprint density at radius 1 is 1.28 bits per heavy atom. The van der Waals surface area contributed by atoms with Crippen LogP contribution in [-0.2, 0) is 16.1 Å². The highest BCUT2D eigenvalue weighted by atomic mass is 16.2. The Kier molecular flexibility index (Phi) is 5.16. The van der Waals surface area contributed by atoms with E-state index in [9.17, 15) is 9.59 Å². The predicted octanol–water partition coefficient (Wildman–Crippen LogP) is 1.95. The third kappa shape index (κ3) is 3.73. The van der Waals surface area contributed by atoms with Gasteiger partial charge in [0, 0.05) is 39.5 Å². The van der Waals surface area contributed by atoms with Gasteiger partial charge in [-0.05, 0) is 18.1 Å². The van der Waals surface area contributed by atoms with E-state index in [1.165, 1.54) is 0 Å². The number of likely N-dealkylation sites (tertiary alicyclic amines) is 1. The van der Waals surface area contributed by atoms with Crippen LogP contribution in [0.2, 0.25) is 0 Å². The van der Waals surface area contributed by atoms with Crippen LogP contribution >= 0.6 is 0 Å². The maximum Gasteiger partial charge on any atom is 0.227 e. The van der Waals surface area contributed by atoms with Crippen LogP contribution in [-0.4, -0.2) is 52.0 Å². The normalized spacial score (nSPS) is 20.6. The van der Waals surface area contributed by atoms with Gasteiger partial charge in [-0.15, -0.1) is 0 Å². The molecule has 0 saturated carbocycles. The van der Waals surface area contributed by atoms with Gasteiger partial charge in [-0.2, -0.15) is 5.10 Å². The van der Waals surface area contributed by atoms with Gasteiger partial charge < -0.3 is 9.80 Å². The van der Waals surface area contributed by atoms with Crippen molar-refractivity contribution in [1.82, 2.24) is 19.6 Å². The number of rotatable bonds is 5. The molecular weight excluding hydrogens is 316 g/mol. The molecule has 1 fully saturated rings. The van der Waals surface area contributed by atoms with Crippen molar-refractivity contribution in [2.45, 2.75) is 25.4 Å². The molecule has 1 aromatic heterocycles. The number of hydrogen-bond acceptors (Lipinski definition) is 3. The number of carbonyl (C=O) groups is 2. The molecule has 2 atom stereocenters. The second kappa shape index (κ2) is 7.51. The van der Waals surface area contributed by atoms with Crippen molar-refractivity contribution in [1.29, 1.82) is 0 Å². The van der Waals surface area contributed by atoms with E-state index in [-0.39, 0.29) is 23.8 Å². The van der Waals surface area contributed by atoms with E-state index in [4.69, 9.17) is 0 Å². The Hall–Kier alpha value is -2.63. The van der Waals surface area contributed by atoms with Crippen molar-refractivity contribution in [2.75, 3.05) is 20.6 Å². The minimum Gasteiger partial charge on any atom is -0.344 e. The smallest absolute Gasteiger partial charge is 0.227 e. The van der Waals surface area contributed by atoms with Crippen LogP contribution < -0.4 is 0 Å². The Labute approximate surface area is 148 Å². The quantitative estimate of drug-likeness (QED) is 0.836. The van der Waals surface area contributed by atoms with Crippen LogP contribution in [0.25, 0.3) is 0 Å². The highest BCUT2D eigenvalue weighted by Gasteiger charge is 2.39. The minimum atomic E-state index is -0.215. The van der Waals surface area contributed by atoms with Gasteiger partial charge in [-0.25, -0.2) is 0 Å². The molecule has 3 rings (SSSR count). The summed E-state index contributed by atoms with van der Waals surface area (Å²) < 4.78 is 1.81. The number of amides is 2. The molecule has 6 nitrogen and oxygen atoms in total. The Bertz CT molecular complexity index is 714. The van der Waals surface area contributed by atoms with Gasteiger partial charge in [-0.3, -0.25) is 14.3 Å².